The fourth-order valence-corrected chi connectivity index (χ4v) is 2.64. The monoisotopic (exact) mass is 326 g/mol. The molecular weight excluding hydrogens is 308 g/mol. The van der Waals surface area contributed by atoms with Gasteiger partial charge in [-0.15, -0.1) is 10.2 Å². The van der Waals surface area contributed by atoms with E-state index in [1.54, 1.807) is 0 Å². The predicted octanol–water partition coefficient (Wildman–Crippen LogP) is 3.22. The second-order valence-electron chi connectivity index (χ2n) is 4.50. The van der Waals surface area contributed by atoms with E-state index in [1.807, 2.05) is 24.3 Å². The van der Waals surface area contributed by atoms with E-state index >= 15 is 0 Å². The largest absolute Gasteiger partial charge is 0.381 e. The van der Waals surface area contributed by atoms with Crippen molar-refractivity contribution < 1.29 is 4.74 Å². The number of hydrogen-bond acceptors (Lipinski definition) is 5. The molecule has 0 fully saturated rings. The molecule has 114 valence electrons. The van der Waals surface area contributed by atoms with E-state index < -0.39 is 0 Å². The van der Waals surface area contributed by atoms with E-state index in [4.69, 9.17) is 22.2 Å². The zero-order valence-corrected chi connectivity index (χ0v) is 13.5. The Morgan fingerprint density at radius 1 is 1.33 bits per heavy atom. The normalized spacial score (nSPS) is 11.0. The van der Waals surface area contributed by atoms with Crippen LogP contribution >= 0.6 is 23.4 Å². The molecule has 2 rings (SSSR count). The number of thioether (sulfide) groups is 1. The minimum Gasteiger partial charge on any atom is -0.381 e. The number of halogens is 1. The summed E-state index contributed by atoms with van der Waals surface area (Å²) in [4.78, 5) is 0. The van der Waals surface area contributed by atoms with Crippen LogP contribution in [0.25, 0.3) is 11.4 Å². The minimum absolute atomic E-state index is 0.604. The maximum atomic E-state index is 6.03. The predicted molar refractivity (Wildman–Crippen MR) is 87.1 cm³/mol. The van der Waals surface area contributed by atoms with Gasteiger partial charge in [-0.05, 0) is 18.6 Å². The van der Waals surface area contributed by atoms with Gasteiger partial charge >= 0.3 is 0 Å². The number of hydrogen-bond donors (Lipinski definition) is 1. The lowest BCUT2D eigenvalue weighted by Crippen LogP contribution is -2.12. The summed E-state index contributed by atoms with van der Waals surface area (Å²) in [5.41, 5.74) is 0.851. The molecule has 7 heteroatoms. The highest BCUT2D eigenvalue weighted by Crippen LogP contribution is 2.23. The summed E-state index contributed by atoms with van der Waals surface area (Å²) in [5, 5.41) is 9.55. The van der Waals surface area contributed by atoms with E-state index in [9.17, 15) is 0 Å². The van der Waals surface area contributed by atoms with Crippen molar-refractivity contribution in [1.29, 1.82) is 0 Å². The van der Waals surface area contributed by atoms with Gasteiger partial charge in [0.05, 0.1) is 6.61 Å². The zero-order valence-electron chi connectivity index (χ0n) is 12.0. The molecule has 1 aromatic carbocycles. The van der Waals surface area contributed by atoms with Crippen LogP contribution < -0.4 is 5.84 Å². The third-order valence-corrected chi connectivity index (χ3v) is 3.99. The van der Waals surface area contributed by atoms with Crippen LogP contribution in [0.5, 0.6) is 0 Å². The van der Waals surface area contributed by atoms with Crippen LogP contribution in [-0.2, 0) is 4.74 Å². The first-order chi connectivity index (χ1) is 10.2. The molecule has 0 atom stereocenters. The highest BCUT2D eigenvalue weighted by molar-refractivity contribution is 7.99. The molecule has 0 radical (unpaired) electrons. The van der Waals surface area contributed by atoms with Crippen molar-refractivity contribution in [3.05, 3.63) is 29.3 Å². The van der Waals surface area contributed by atoms with Gasteiger partial charge in [-0.1, -0.05) is 48.8 Å². The van der Waals surface area contributed by atoms with E-state index in [2.05, 4.69) is 17.1 Å². The molecule has 5 nitrogen and oxygen atoms in total. The van der Waals surface area contributed by atoms with Crippen molar-refractivity contribution >= 4 is 23.4 Å². The lowest BCUT2D eigenvalue weighted by atomic mass is 10.2. The molecule has 0 saturated heterocycles. The van der Waals surface area contributed by atoms with Crippen LogP contribution in [0.1, 0.15) is 19.8 Å². The van der Waals surface area contributed by atoms with E-state index in [-0.39, 0.29) is 0 Å². The summed E-state index contributed by atoms with van der Waals surface area (Å²) >= 11 is 7.51. The molecule has 1 heterocycles. The Kier molecular flexibility index (Phi) is 6.35. The maximum Gasteiger partial charge on any atom is 0.210 e. The van der Waals surface area contributed by atoms with Gasteiger partial charge in [0.15, 0.2) is 5.82 Å². The van der Waals surface area contributed by atoms with Crippen molar-refractivity contribution in [1.82, 2.24) is 14.9 Å². The fourth-order valence-electron chi connectivity index (χ4n) is 1.74. The van der Waals surface area contributed by atoms with Crippen molar-refractivity contribution in [3.8, 4) is 11.4 Å². The van der Waals surface area contributed by atoms with E-state index in [0.29, 0.717) is 22.6 Å². The van der Waals surface area contributed by atoms with Crippen LogP contribution in [0.15, 0.2) is 29.4 Å². The smallest absolute Gasteiger partial charge is 0.210 e. The summed E-state index contributed by atoms with van der Waals surface area (Å²) in [5.74, 6) is 7.44. The summed E-state index contributed by atoms with van der Waals surface area (Å²) in [7, 11) is 0. The zero-order chi connectivity index (χ0) is 15.1. The van der Waals surface area contributed by atoms with Gasteiger partial charge in [-0.2, -0.15) is 0 Å². The van der Waals surface area contributed by atoms with E-state index in [0.717, 1.165) is 30.8 Å². The Balaban J connectivity index is 1.91. The van der Waals surface area contributed by atoms with Gasteiger partial charge in [0.1, 0.15) is 0 Å². The minimum atomic E-state index is 0.604. The average molecular weight is 327 g/mol. The summed E-state index contributed by atoms with van der Waals surface area (Å²) in [6.45, 7) is 3.64. The van der Waals surface area contributed by atoms with Crippen molar-refractivity contribution in [2.24, 2.45) is 0 Å². The summed E-state index contributed by atoms with van der Waals surface area (Å²) in [6.07, 6.45) is 2.24. The molecule has 0 amide bonds. The number of unbranched alkanes of at least 4 members (excludes halogenated alkanes) is 1. The summed E-state index contributed by atoms with van der Waals surface area (Å²) in [6, 6.07) is 7.39. The van der Waals surface area contributed by atoms with Crippen molar-refractivity contribution in [2.45, 2.75) is 24.9 Å². The topological polar surface area (TPSA) is 66.0 Å². The van der Waals surface area contributed by atoms with Crippen LogP contribution in [0.2, 0.25) is 5.02 Å². The van der Waals surface area contributed by atoms with Gasteiger partial charge in [0.2, 0.25) is 5.16 Å². The second-order valence-corrected chi connectivity index (χ2v) is 6.00. The Morgan fingerprint density at radius 3 is 2.95 bits per heavy atom. The van der Waals surface area contributed by atoms with Crippen LogP contribution in [0, 0.1) is 0 Å². The Hall–Kier alpha value is -1.24. The van der Waals surface area contributed by atoms with E-state index in [1.165, 1.54) is 16.4 Å². The molecule has 2 N–H and O–H groups in total. The van der Waals surface area contributed by atoms with Crippen LogP contribution in [0.3, 0.4) is 0 Å². The molecule has 0 unspecified atom stereocenters. The lowest BCUT2D eigenvalue weighted by molar-refractivity contribution is 0.147. The van der Waals surface area contributed by atoms with Crippen molar-refractivity contribution in [3.63, 3.8) is 0 Å². The summed E-state index contributed by atoms with van der Waals surface area (Å²) < 4.78 is 6.99. The standard InChI is InChI=1S/C14H19ClN4OS/c1-2-3-7-20-8-9-21-14-18-17-13(19(14)16)11-5-4-6-12(15)10-11/h4-6,10H,2-3,7-9,16H2,1H3. The Bertz CT molecular complexity index is 576. The van der Waals surface area contributed by atoms with Crippen molar-refractivity contribution in [2.75, 3.05) is 24.8 Å². The Labute approximate surface area is 133 Å². The average Bonchev–Trinajstić information content (AvgIpc) is 2.84. The number of nitrogens with zero attached hydrogens (tertiary/aromatic N) is 3. The third-order valence-electron chi connectivity index (χ3n) is 2.85. The van der Waals surface area contributed by atoms with Gasteiger partial charge < -0.3 is 10.6 Å². The molecular formula is C14H19ClN4OS. The van der Waals surface area contributed by atoms with Gasteiger partial charge in [-0.25, -0.2) is 4.68 Å². The first-order valence-corrected chi connectivity index (χ1v) is 8.25. The first kappa shape index (κ1) is 16.1. The third kappa shape index (κ3) is 4.62. The lowest BCUT2D eigenvalue weighted by Gasteiger charge is -2.04. The first-order valence-electron chi connectivity index (χ1n) is 6.89. The molecule has 0 spiro atoms. The van der Waals surface area contributed by atoms with Gasteiger partial charge in [0.25, 0.3) is 0 Å². The van der Waals surface area contributed by atoms with Gasteiger partial charge in [-0.3, -0.25) is 0 Å². The van der Waals surface area contributed by atoms with Gasteiger partial charge in [0, 0.05) is 22.9 Å². The molecule has 0 saturated carbocycles. The maximum absolute atomic E-state index is 6.03. The Morgan fingerprint density at radius 2 is 2.19 bits per heavy atom. The molecule has 0 aliphatic heterocycles. The fraction of sp³-hybridized carbons (Fsp3) is 0.429. The second kappa shape index (κ2) is 8.26. The molecule has 2 aromatic rings. The highest BCUT2D eigenvalue weighted by atomic mass is 35.5. The molecule has 1 aromatic heterocycles. The molecule has 21 heavy (non-hydrogen) atoms. The number of ether oxygens (including phenoxy) is 1. The molecule has 0 aliphatic carbocycles. The number of nitrogen functional groups attached to an aromatic ring is 1. The quantitative estimate of drug-likeness (QED) is 0.458. The number of rotatable bonds is 8. The molecule has 0 aliphatic rings. The number of nitrogens with two attached hydrogens (primary N) is 1. The number of aromatic nitrogens is 3. The molecule has 0 bridgehead atoms. The van der Waals surface area contributed by atoms with Crippen LogP contribution in [-0.4, -0.2) is 33.8 Å². The number of benzene rings is 1. The SMILES string of the molecule is CCCCOCCSc1nnc(-c2cccc(Cl)c2)n1N. The highest BCUT2D eigenvalue weighted by Gasteiger charge is 2.12. The van der Waals surface area contributed by atoms with Crippen LogP contribution in [0.4, 0.5) is 0 Å².